The zero-order valence-corrected chi connectivity index (χ0v) is 15.4. The third-order valence-electron chi connectivity index (χ3n) is 4.72. The Labute approximate surface area is 160 Å². The first-order valence-electron chi connectivity index (χ1n) is 8.39. The van der Waals surface area contributed by atoms with Gasteiger partial charge in [0.2, 0.25) is 0 Å². The van der Waals surface area contributed by atoms with Crippen LogP contribution < -0.4 is 10.5 Å². The molecule has 3 heterocycles. The summed E-state index contributed by atoms with van der Waals surface area (Å²) in [6.45, 7) is 1.63. The number of hydrogen-bond donors (Lipinski definition) is 0. The molecule has 1 aromatic carbocycles. The maximum atomic E-state index is 12.7. The molecular formula is C18H17Cl2N5O. The zero-order valence-electron chi connectivity index (χ0n) is 13.9. The maximum Gasteiger partial charge on any atom is 0.292 e. The molecule has 4 rings (SSSR count). The monoisotopic (exact) mass is 389 g/mol. The lowest BCUT2D eigenvalue weighted by molar-refractivity contribution is 0.395. The molecule has 1 aliphatic heterocycles. The molecule has 0 amide bonds. The van der Waals surface area contributed by atoms with Crippen molar-refractivity contribution in [2.45, 2.75) is 18.9 Å². The van der Waals surface area contributed by atoms with Gasteiger partial charge >= 0.3 is 0 Å². The molecule has 26 heavy (non-hydrogen) atoms. The molecule has 3 aromatic rings. The molecule has 0 atom stereocenters. The Balaban J connectivity index is 1.56. The minimum Gasteiger partial charge on any atom is -0.369 e. The van der Waals surface area contributed by atoms with Gasteiger partial charge in [0.15, 0.2) is 0 Å². The lowest BCUT2D eigenvalue weighted by Crippen LogP contribution is -2.36. The first kappa shape index (κ1) is 17.1. The van der Waals surface area contributed by atoms with E-state index in [1.807, 2.05) is 12.5 Å². The van der Waals surface area contributed by atoms with Crippen LogP contribution in [0.4, 0.5) is 5.69 Å². The van der Waals surface area contributed by atoms with Gasteiger partial charge in [-0.1, -0.05) is 23.2 Å². The highest BCUT2D eigenvalue weighted by atomic mass is 35.5. The third kappa shape index (κ3) is 3.22. The molecule has 134 valence electrons. The summed E-state index contributed by atoms with van der Waals surface area (Å²) in [5, 5.41) is 5.10. The molecule has 6 nitrogen and oxygen atoms in total. The van der Waals surface area contributed by atoms with Crippen molar-refractivity contribution in [1.29, 1.82) is 0 Å². The highest BCUT2D eigenvalue weighted by Gasteiger charge is 2.23. The van der Waals surface area contributed by atoms with Crippen LogP contribution in [0.25, 0.3) is 5.69 Å². The Morgan fingerprint density at radius 1 is 1.08 bits per heavy atom. The van der Waals surface area contributed by atoms with Gasteiger partial charge in [0.1, 0.15) is 5.02 Å². The predicted octanol–water partition coefficient (Wildman–Crippen LogP) is 3.58. The first-order valence-corrected chi connectivity index (χ1v) is 9.15. The molecule has 8 heteroatoms. The fraction of sp³-hybridized carbons (Fsp3) is 0.278. The SMILES string of the molecule is O=c1c(Cl)c(N2CCC(n3ccnc3)CC2)cnn1-c1ccc(Cl)cc1. The Bertz CT molecular complexity index is 945. The van der Waals surface area contributed by atoms with Crippen molar-refractivity contribution in [3.8, 4) is 5.69 Å². The summed E-state index contributed by atoms with van der Waals surface area (Å²) in [6.07, 6.45) is 9.23. The number of rotatable bonds is 3. The van der Waals surface area contributed by atoms with Crippen molar-refractivity contribution in [2.24, 2.45) is 0 Å². The van der Waals surface area contributed by atoms with Crippen LogP contribution in [0.3, 0.4) is 0 Å². The van der Waals surface area contributed by atoms with Gasteiger partial charge < -0.3 is 9.47 Å². The number of piperidine rings is 1. The average Bonchev–Trinajstić information content (AvgIpc) is 3.20. The van der Waals surface area contributed by atoms with E-state index in [9.17, 15) is 4.79 Å². The number of benzene rings is 1. The summed E-state index contributed by atoms with van der Waals surface area (Å²) in [6, 6.07) is 7.34. The average molecular weight is 390 g/mol. The van der Waals surface area contributed by atoms with Crippen LogP contribution in [0.2, 0.25) is 10.0 Å². The van der Waals surface area contributed by atoms with E-state index in [1.54, 1.807) is 36.7 Å². The van der Waals surface area contributed by atoms with Gasteiger partial charge in [-0.15, -0.1) is 0 Å². The standard InChI is InChI=1S/C18H17Cl2N5O/c19-13-1-3-15(4-2-13)25-18(26)17(20)16(11-22-25)23-8-5-14(6-9-23)24-10-7-21-12-24/h1-4,7,10-12,14H,5-6,8-9H2. The minimum atomic E-state index is -0.330. The number of aromatic nitrogens is 4. The van der Waals surface area contributed by atoms with E-state index in [1.165, 1.54) is 4.68 Å². The van der Waals surface area contributed by atoms with Gasteiger partial charge in [-0.05, 0) is 37.1 Å². The summed E-state index contributed by atoms with van der Waals surface area (Å²) in [4.78, 5) is 18.9. The number of halogens is 2. The van der Waals surface area contributed by atoms with E-state index in [0.717, 1.165) is 25.9 Å². The van der Waals surface area contributed by atoms with Crippen molar-refractivity contribution in [1.82, 2.24) is 19.3 Å². The Morgan fingerprint density at radius 2 is 1.81 bits per heavy atom. The Morgan fingerprint density at radius 3 is 2.46 bits per heavy atom. The second-order valence-electron chi connectivity index (χ2n) is 6.27. The van der Waals surface area contributed by atoms with E-state index < -0.39 is 0 Å². The summed E-state index contributed by atoms with van der Waals surface area (Å²) < 4.78 is 3.43. The quantitative estimate of drug-likeness (QED) is 0.686. The molecule has 0 unspecified atom stereocenters. The molecule has 0 aliphatic carbocycles. The van der Waals surface area contributed by atoms with E-state index in [-0.39, 0.29) is 10.6 Å². The second-order valence-corrected chi connectivity index (χ2v) is 7.08. The number of anilines is 1. The first-order chi connectivity index (χ1) is 12.6. The van der Waals surface area contributed by atoms with Gasteiger partial charge in [0.05, 0.1) is 23.9 Å². The van der Waals surface area contributed by atoms with Crippen molar-refractivity contribution < 1.29 is 0 Å². The van der Waals surface area contributed by atoms with Gasteiger partial charge in [-0.3, -0.25) is 4.79 Å². The predicted molar refractivity (Wildman–Crippen MR) is 103 cm³/mol. The van der Waals surface area contributed by atoms with E-state index in [4.69, 9.17) is 23.2 Å². The van der Waals surface area contributed by atoms with Crippen molar-refractivity contribution in [3.05, 3.63) is 69.6 Å². The van der Waals surface area contributed by atoms with Crippen LogP contribution >= 0.6 is 23.2 Å². The van der Waals surface area contributed by atoms with Crippen LogP contribution in [0, 0.1) is 0 Å². The molecule has 0 N–H and O–H groups in total. The number of nitrogens with zero attached hydrogens (tertiary/aromatic N) is 5. The lowest BCUT2D eigenvalue weighted by atomic mass is 10.0. The summed E-state index contributed by atoms with van der Waals surface area (Å²) in [7, 11) is 0. The van der Waals surface area contributed by atoms with Crippen LogP contribution in [-0.2, 0) is 0 Å². The van der Waals surface area contributed by atoms with Gasteiger partial charge in [-0.25, -0.2) is 4.98 Å². The molecule has 0 radical (unpaired) electrons. The molecular weight excluding hydrogens is 373 g/mol. The number of hydrogen-bond acceptors (Lipinski definition) is 4. The van der Waals surface area contributed by atoms with Crippen molar-refractivity contribution >= 4 is 28.9 Å². The maximum absolute atomic E-state index is 12.7. The second kappa shape index (κ2) is 7.13. The van der Waals surface area contributed by atoms with E-state index >= 15 is 0 Å². The highest BCUT2D eigenvalue weighted by molar-refractivity contribution is 6.33. The Hall–Kier alpha value is -2.31. The summed E-state index contributed by atoms with van der Waals surface area (Å²) in [5.41, 5.74) is 0.987. The van der Waals surface area contributed by atoms with Crippen LogP contribution in [0.15, 0.2) is 54.0 Å². The summed E-state index contributed by atoms with van der Waals surface area (Å²) in [5.74, 6) is 0. The molecule has 1 saturated heterocycles. The third-order valence-corrected chi connectivity index (χ3v) is 5.33. The lowest BCUT2D eigenvalue weighted by Gasteiger charge is -2.34. The molecule has 1 fully saturated rings. The van der Waals surface area contributed by atoms with E-state index in [2.05, 4.69) is 19.5 Å². The Kier molecular flexibility index (Phi) is 4.70. The number of imidazole rings is 1. The zero-order chi connectivity index (χ0) is 18.1. The smallest absolute Gasteiger partial charge is 0.292 e. The largest absolute Gasteiger partial charge is 0.369 e. The topological polar surface area (TPSA) is 56.0 Å². The van der Waals surface area contributed by atoms with E-state index in [0.29, 0.717) is 22.4 Å². The molecule has 1 aliphatic rings. The minimum absolute atomic E-state index is 0.191. The van der Waals surface area contributed by atoms with Crippen molar-refractivity contribution in [2.75, 3.05) is 18.0 Å². The van der Waals surface area contributed by atoms with Crippen LogP contribution in [0.5, 0.6) is 0 Å². The fourth-order valence-electron chi connectivity index (χ4n) is 3.30. The van der Waals surface area contributed by atoms with Crippen LogP contribution in [0.1, 0.15) is 18.9 Å². The van der Waals surface area contributed by atoms with Crippen molar-refractivity contribution in [3.63, 3.8) is 0 Å². The highest BCUT2D eigenvalue weighted by Crippen LogP contribution is 2.29. The molecule has 0 bridgehead atoms. The van der Waals surface area contributed by atoms with Crippen LogP contribution in [-0.4, -0.2) is 32.4 Å². The van der Waals surface area contributed by atoms with Gasteiger partial charge in [-0.2, -0.15) is 9.78 Å². The fourth-order valence-corrected chi connectivity index (χ4v) is 3.68. The molecule has 0 spiro atoms. The normalized spacial score (nSPS) is 15.4. The van der Waals surface area contributed by atoms with Gasteiger partial charge in [0.25, 0.3) is 5.56 Å². The van der Waals surface area contributed by atoms with Gasteiger partial charge in [0, 0.05) is 36.5 Å². The summed E-state index contributed by atoms with van der Waals surface area (Å²) >= 11 is 12.3. The molecule has 0 saturated carbocycles. The molecule has 2 aromatic heterocycles.